The molecule has 0 bridgehead atoms. The zero-order valence-corrected chi connectivity index (χ0v) is 9.83. The van der Waals surface area contributed by atoms with Gasteiger partial charge in [-0.3, -0.25) is 5.10 Å². The Morgan fingerprint density at radius 3 is 2.83 bits per heavy atom. The van der Waals surface area contributed by atoms with Gasteiger partial charge in [-0.15, -0.1) is 5.10 Å². The molecule has 0 saturated carbocycles. The van der Waals surface area contributed by atoms with Gasteiger partial charge in [-0.1, -0.05) is 30.3 Å². The number of carbonyl (C=O) groups is 1. The fraction of sp³-hybridized carbons (Fsp3) is 0.250. The van der Waals surface area contributed by atoms with Gasteiger partial charge in [0.25, 0.3) is 5.82 Å². The predicted molar refractivity (Wildman–Crippen MR) is 62.8 cm³/mol. The van der Waals surface area contributed by atoms with E-state index in [0.717, 1.165) is 0 Å². The number of benzene rings is 1. The van der Waals surface area contributed by atoms with Crippen LogP contribution in [0, 0.1) is 0 Å². The summed E-state index contributed by atoms with van der Waals surface area (Å²) in [6, 6.07) is 8.98. The second-order valence-electron chi connectivity index (χ2n) is 3.58. The Balaban J connectivity index is 2.17. The van der Waals surface area contributed by atoms with Crippen LogP contribution in [0.4, 0.5) is 0 Å². The van der Waals surface area contributed by atoms with Crippen molar-refractivity contribution in [1.82, 2.24) is 15.2 Å². The van der Waals surface area contributed by atoms with E-state index in [1.807, 2.05) is 6.07 Å². The summed E-state index contributed by atoms with van der Waals surface area (Å²) in [4.78, 5) is 15.3. The number of ether oxygens (including phenoxy) is 1. The van der Waals surface area contributed by atoms with Crippen molar-refractivity contribution >= 4 is 5.97 Å². The topological polar surface area (TPSA) is 88.1 Å². The first-order valence-electron chi connectivity index (χ1n) is 5.54. The van der Waals surface area contributed by atoms with Crippen LogP contribution in [-0.4, -0.2) is 32.9 Å². The summed E-state index contributed by atoms with van der Waals surface area (Å²) in [5, 5.41) is 16.3. The third-order valence-electron chi connectivity index (χ3n) is 2.34. The highest BCUT2D eigenvalue weighted by atomic mass is 16.5. The number of hydrogen-bond donors (Lipinski definition) is 2. The first kappa shape index (κ1) is 12.3. The predicted octanol–water partition coefficient (Wildman–Crippen LogP) is 1.06. The number of aromatic amines is 1. The number of nitrogens with one attached hydrogen (secondary N) is 1. The maximum atomic E-state index is 11.4. The SMILES string of the molecule is CCOC(=O)c1n[nH]c(C(O)c2ccccc2)n1. The Kier molecular flexibility index (Phi) is 3.69. The summed E-state index contributed by atoms with van der Waals surface area (Å²) in [6.45, 7) is 1.95. The zero-order chi connectivity index (χ0) is 13.0. The normalized spacial score (nSPS) is 12.1. The second-order valence-corrected chi connectivity index (χ2v) is 3.58. The van der Waals surface area contributed by atoms with E-state index in [0.29, 0.717) is 5.56 Å². The molecule has 0 fully saturated rings. The Bertz CT molecular complexity index is 524. The van der Waals surface area contributed by atoms with Gasteiger partial charge in [0, 0.05) is 0 Å². The largest absolute Gasteiger partial charge is 0.460 e. The molecule has 6 nitrogen and oxygen atoms in total. The van der Waals surface area contributed by atoms with Crippen molar-refractivity contribution in [2.45, 2.75) is 13.0 Å². The van der Waals surface area contributed by atoms with Crippen LogP contribution in [0.1, 0.15) is 35.0 Å². The molecule has 0 radical (unpaired) electrons. The van der Waals surface area contributed by atoms with Gasteiger partial charge in [-0.05, 0) is 12.5 Å². The van der Waals surface area contributed by atoms with E-state index in [2.05, 4.69) is 15.2 Å². The van der Waals surface area contributed by atoms with Crippen LogP contribution in [0.2, 0.25) is 0 Å². The minimum absolute atomic E-state index is 0.0816. The highest BCUT2D eigenvalue weighted by molar-refractivity contribution is 5.84. The molecular weight excluding hydrogens is 234 g/mol. The number of carbonyl (C=O) groups excluding carboxylic acids is 1. The van der Waals surface area contributed by atoms with Gasteiger partial charge in [0.1, 0.15) is 6.10 Å². The molecule has 18 heavy (non-hydrogen) atoms. The Labute approximate surface area is 104 Å². The van der Waals surface area contributed by atoms with Crippen LogP contribution < -0.4 is 0 Å². The molecule has 0 saturated heterocycles. The van der Waals surface area contributed by atoms with E-state index < -0.39 is 12.1 Å². The van der Waals surface area contributed by atoms with Crippen molar-refractivity contribution in [3.05, 3.63) is 47.5 Å². The molecule has 1 aromatic heterocycles. The second kappa shape index (κ2) is 5.42. The first-order chi connectivity index (χ1) is 8.72. The van der Waals surface area contributed by atoms with E-state index in [1.54, 1.807) is 31.2 Å². The van der Waals surface area contributed by atoms with Gasteiger partial charge in [0.05, 0.1) is 6.61 Å². The number of hydrogen-bond acceptors (Lipinski definition) is 5. The lowest BCUT2D eigenvalue weighted by Crippen LogP contribution is -2.07. The van der Waals surface area contributed by atoms with Gasteiger partial charge in [-0.25, -0.2) is 9.78 Å². The molecule has 94 valence electrons. The molecule has 2 N–H and O–H groups in total. The maximum Gasteiger partial charge on any atom is 0.378 e. The molecule has 0 aliphatic heterocycles. The summed E-state index contributed by atoms with van der Waals surface area (Å²) >= 11 is 0. The molecule has 2 rings (SSSR count). The van der Waals surface area contributed by atoms with Crippen molar-refractivity contribution in [1.29, 1.82) is 0 Å². The Morgan fingerprint density at radius 2 is 2.17 bits per heavy atom. The van der Waals surface area contributed by atoms with Crippen molar-refractivity contribution < 1.29 is 14.6 Å². The number of aliphatic hydroxyl groups is 1. The lowest BCUT2D eigenvalue weighted by Gasteiger charge is -2.06. The number of H-pyrrole nitrogens is 1. The quantitative estimate of drug-likeness (QED) is 0.789. The van der Waals surface area contributed by atoms with Crippen LogP contribution in [0.3, 0.4) is 0 Å². The minimum atomic E-state index is -0.943. The molecule has 0 amide bonds. The van der Waals surface area contributed by atoms with Crippen molar-refractivity contribution in [3.63, 3.8) is 0 Å². The first-order valence-corrected chi connectivity index (χ1v) is 5.54. The van der Waals surface area contributed by atoms with Crippen molar-refractivity contribution in [2.24, 2.45) is 0 Å². The molecule has 1 unspecified atom stereocenters. The fourth-order valence-corrected chi connectivity index (χ4v) is 1.48. The van der Waals surface area contributed by atoms with Gasteiger partial charge in [-0.2, -0.15) is 0 Å². The minimum Gasteiger partial charge on any atom is -0.460 e. The average Bonchev–Trinajstić information content (AvgIpc) is 2.89. The van der Waals surface area contributed by atoms with Crippen LogP contribution in [0.5, 0.6) is 0 Å². The maximum absolute atomic E-state index is 11.4. The van der Waals surface area contributed by atoms with Crippen LogP contribution in [0.15, 0.2) is 30.3 Å². The molecule has 0 aliphatic rings. The summed E-state index contributed by atoms with van der Waals surface area (Å²) in [5.74, 6) is -0.480. The summed E-state index contributed by atoms with van der Waals surface area (Å²) in [6.07, 6.45) is -0.943. The van der Waals surface area contributed by atoms with Gasteiger partial charge in [0.2, 0.25) is 0 Å². The highest BCUT2D eigenvalue weighted by Gasteiger charge is 2.18. The van der Waals surface area contributed by atoms with E-state index in [4.69, 9.17) is 4.74 Å². The molecule has 0 aliphatic carbocycles. The standard InChI is InChI=1S/C12H13N3O3/c1-2-18-12(17)11-13-10(14-15-11)9(16)8-6-4-3-5-7-8/h3-7,9,16H,2H2,1H3,(H,13,14,15). The zero-order valence-electron chi connectivity index (χ0n) is 9.83. The van der Waals surface area contributed by atoms with Gasteiger partial charge in [0.15, 0.2) is 5.82 Å². The molecule has 1 heterocycles. The number of esters is 1. The lowest BCUT2D eigenvalue weighted by molar-refractivity contribution is 0.0512. The number of nitrogens with zero attached hydrogens (tertiary/aromatic N) is 2. The Hall–Kier alpha value is -2.21. The van der Waals surface area contributed by atoms with E-state index >= 15 is 0 Å². The average molecular weight is 247 g/mol. The van der Waals surface area contributed by atoms with Crippen LogP contribution in [-0.2, 0) is 4.74 Å². The summed E-state index contributed by atoms with van der Waals surface area (Å²) in [7, 11) is 0. The molecule has 2 aromatic rings. The number of rotatable bonds is 4. The van der Waals surface area contributed by atoms with E-state index in [9.17, 15) is 9.90 Å². The molecule has 1 aromatic carbocycles. The monoisotopic (exact) mass is 247 g/mol. The van der Waals surface area contributed by atoms with Crippen LogP contribution >= 0.6 is 0 Å². The number of aliphatic hydroxyl groups excluding tert-OH is 1. The van der Waals surface area contributed by atoms with Crippen molar-refractivity contribution in [2.75, 3.05) is 6.61 Å². The molecular formula is C12H13N3O3. The summed E-state index contributed by atoms with van der Waals surface area (Å²) in [5.41, 5.74) is 0.670. The smallest absolute Gasteiger partial charge is 0.378 e. The fourth-order valence-electron chi connectivity index (χ4n) is 1.48. The highest BCUT2D eigenvalue weighted by Crippen LogP contribution is 2.17. The third kappa shape index (κ3) is 2.54. The Morgan fingerprint density at radius 1 is 1.44 bits per heavy atom. The number of aromatic nitrogens is 3. The molecule has 6 heteroatoms. The lowest BCUT2D eigenvalue weighted by atomic mass is 10.1. The van der Waals surface area contributed by atoms with E-state index in [-0.39, 0.29) is 18.3 Å². The third-order valence-corrected chi connectivity index (χ3v) is 2.34. The van der Waals surface area contributed by atoms with Gasteiger partial charge >= 0.3 is 5.97 Å². The summed E-state index contributed by atoms with van der Waals surface area (Å²) < 4.78 is 4.76. The molecule has 1 atom stereocenters. The van der Waals surface area contributed by atoms with Gasteiger partial charge < -0.3 is 9.84 Å². The van der Waals surface area contributed by atoms with Crippen molar-refractivity contribution in [3.8, 4) is 0 Å². The molecule has 0 spiro atoms. The van der Waals surface area contributed by atoms with E-state index in [1.165, 1.54) is 0 Å². The van der Waals surface area contributed by atoms with Crippen LogP contribution in [0.25, 0.3) is 0 Å².